The molecule has 0 radical (unpaired) electrons. The van der Waals surface area contributed by atoms with E-state index in [4.69, 9.17) is 0 Å². The summed E-state index contributed by atoms with van der Waals surface area (Å²) in [6, 6.07) is 6.45. The molecule has 0 bridgehead atoms. The van der Waals surface area contributed by atoms with Crippen LogP contribution in [0.4, 0.5) is 0 Å². The number of aromatic nitrogens is 4. The molecule has 5 heteroatoms. The lowest BCUT2D eigenvalue weighted by atomic mass is 9.89. The van der Waals surface area contributed by atoms with E-state index in [0.29, 0.717) is 0 Å². The number of nitrogens with zero attached hydrogens (tertiary/aromatic N) is 4. The van der Waals surface area contributed by atoms with E-state index in [0.717, 1.165) is 12.2 Å². The zero-order valence-electron chi connectivity index (χ0n) is 12.4. The van der Waals surface area contributed by atoms with E-state index in [1.165, 1.54) is 29.3 Å². The van der Waals surface area contributed by atoms with Gasteiger partial charge in [-0.05, 0) is 57.1 Å². The smallest absolute Gasteiger partial charge is 0.123 e. The molecular formula is C16H19N5. The fourth-order valence-electron chi connectivity index (χ4n) is 3.49. The highest BCUT2D eigenvalue weighted by molar-refractivity contribution is 5.86. The Bertz CT molecular complexity index is 773. The first kappa shape index (κ1) is 12.6. The van der Waals surface area contributed by atoms with Crippen LogP contribution < -0.4 is 0 Å². The molecule has 4 rings (SSSR count). The summed E-state index contributed by atoms with van der Waals surface area (Å²) in [5, 5.41) is 9.07. The summed E-state index contributed by atoms with van der Waals surface area (Å²) < 4.78 is 1.94. The number of benzene rings is 1. The quantitative estimate of drug-likeness (QED) is 0.785. The van der Waals surface area contributed by atoms with Crippen molar-refractivity contribution >= 4 is 10.9 Å². The van der Waals surface area contributed by atoms with Gasteiger partial charge in [-0.25, -0.2) is 0 Å². The Morgan fingerprint density at radius 3 is 2.76 bits per heavy atom. The number of H-pyrrole nitrogens is 1. The lowest BCUT2D eigenvalue weighted by Gasteiger charge is -2.32. The van der Waals surface area contributed by atoms with Crippen LogP contribution in [-0.2, 0) is 5.54 Å². The molecule has 1 N–H and O–H groups in total. The highest BCUT2D eigenvalue weighted by Gasteiger charge is 2.37. The van der Waals surface area contributed by atoms with Crippen molar-refractivity contribution in [1.29, 1.82) is 0 Å². The maximum absolute atomic E-state index is 3.89. The summed E-state index contributed by atoms with van der Waals surface area (Å²) in [5.74, 6) is 0. The van der Waals surface area contributed by atoms with Gasteiger partial charge in [0, 0.05) is 28.3 Å². The van der Waals surface area contributed by atoms with E-state index in [9.17, 15) is 0 Å². The highest BCUT2D eigenvalue weighted by Crippen LogP contribution is 2.40. The zero-order valence-corrected chi connectivity index (χ0v) is 12.4. The monoisotopic (exact) mass is 281 g/mol. The average Bonchev–Trinajstić information content (AvgIpc) is 3.20. The first-order chi connectivity index (χ1) is 10.2. The van der Waals surface area contributed by atoms with Crippen LogP contribution in [0.5, 0.6) is 0 Å². The molecule has 0 spiro atoms. The Morgan fingerprint density at radius 1 is 1.24 bits per heavy atom. The SMILES string of the molecule is CN1CCC[C@]1(C)c1c[nH]c2ccc(-n3cnnc3)cc12. The van der Waals surface area contributed by atoms with Gasteiger partial charge in [-0.3, -0.25) is 9.47 Å². The standard InChI is InChI=1S/C16H19N5/c1-16(6-3-7-20(16)2)14-9-17-15-5-4-12(8-13(14)15)21-10-18-19-11-21/h4-5,8-11,17H,3,6-7H2,1-2H3/t16-/m1/s1. The molecule has 0 aliphatic carbocycles. The maximum atomic E-state index is 3.89. The van der Waals surface area contributed by atoms with Crippen LogP contribution in [0.15, 0.2) is 37.1 Å². The second-order valence-electron chi connectivity index (χ2n) is 6.10. The van der Waals surface area contributed by atoms with Gasteiger partial charge in [0.15, 0.2) is 0 Å². The molecule has 1 aliphatic heterocycles. The van der Waals surface area contributed by atoms with Crippen molar-refractivity contribution in [3.8, 4) is 5.69 Å². The molecular weight excluding hydrogens is 262 g/mol. The minimum absolute atomic E-state index is 0.115. The van der Waals surface area contributed by atoms with E-state index in [1.807, 2.05) is 4.57 Å². The molecule has 1 fully saturated rings. The molecule has 0 amide bonds. The molecule has 1 aliphatic rings. The van der Waals surface area contributed by atoms with E-state index >= 15 is 0 Å². The van der Waals surface area contributed by atoms with Crippen LogP contribution in [0.1, 0.15) is 25.3 Å². The topological polar surface area (TPSA) is 49.7 Å². The van der Waals surface area contributed by atoms with Crippen molar-refractivity contribution in [2.75, 3.05) is 13.6 Å². The molecule has 108 valence electrons. The predicted octanol–water partition coefficient (Wildman–Crippen LogP) is 2.69. The molecule has 2 aromatic heterocycles. The summed E-state index contributed by atoms with van der Waals surface area (Å²) in [5.41, 5.74) is 3.78. The maximum Gasteiger partial charge on any atom is 0.123 e. The number of hydrogen-bond donors (Lipinski definition) is 1. The molecule has 1 atom stereocenters. The molecule has 1 aromatic carbocycles. The van der Waals surface area contributed by atoms with Crippen LogP contribution >= 0.6 is 0 Å². The summed E-state index contributed by atoms with van der Waals surface area (Å²) in [4.78, 5) is 5.88. The van der Waals surface area contributed by atoms with Crippen molar-refractivity contribution in [2.45, 2.75) is 25.3 Å². The fourth-order valence-corrected chi connectivity index (χ4v) is 3.49. The number of fused-ring (bicyclic) bond motifs is 1. The minimum Gasteiger partial charge on any atom is -0.361 e. The molecule has 3 aromatic rings. The Hall–Kier alpha value is -2.14. The van der Waals surface area contributed by atoms with Crippen molar-refractivity contribution in [2.24, 2.45) is 0 Å². The van der Waals surface area contributed by atoms with Crippen molar-refractivity contribution in [3.05, 3.63) is 42.6 Å². The van der Waals surface area contributed by atoms with Gasteiger partial charge in [0.2, 0.25) is 0 Å². The largest absolute Gasteiger partial charge is 0.361 e. The number of hydrogen-bond acceptors (Lipinski definition) is 3. The second-order valence-corrected chi connectivity index (χ2v) is 6.10. The van der Waals surface area contributed by atoms with E-state index in [2.05, 4.69) is 58.4 Å². The van der Waals surface area contributed by atoms with Crippen LogP contribution in [0.3, 0.4) is 0 Å². The Balaban J connectivity index is 1.89. The highest BCUT2D eigenvalue weighted by atomic mass is 15.2. The third-order valence-corrected chi connectivity index (χ3v) is 4.96. The van der Waals surface area contributed by atoms with Gasteiger partial charge in [0.05, 0.1) is 0 Å². The van der Waals surface area contributed by atoms with Gasteiger partial charge in [0.1, 0.15) is 12.7 Å². The number of aromatic amines is 1. The van der Waals surface area contributed by atoms with Gasteiger partial charge in [-0.2, -0.15) is 0 Å². The fraction of sp³-hybridized carbons (Fsp3) is 0.375. The summed E-state index contributed by atoms with van der Waals surface area (Å²) >= 11 is 0. The third kappa shape index (κ3) is 1.81. The van der Waals surface area contributed by atoms with Gasteiger partial charge >= 0.3 is 0 Å². The zero-order chi connectivity index (χ0) is 14.4. The Morgan fingerprint density at radius 2 is 2.05 bits per heavy atom. The second kappa shape index (κ2) is 4.43. The Kier molecular flexibility index (Phi) is 2.65. The van der Waals surface area contributed by atoms with Crippen LogP contribution in [0.25, 0.3) is 16.6 Å². The van der Waals surface area contributed by atoms with Crippen LogP contribution in [0.2, 0.25) is 0 Å². The molecule has 0 unspecified atom stereocenters. The summed E-state index contributed by atoms with van der Waals surface area (Å²) in [6.45, 7) is 3.50. The molecule has 0 saturated carbocycles. The lowest BCUT2D eigenvalue weighted by Crippen LogP contribution is -2.35. The number of rotatable bonds is 2. The van der Waals surface area contributed by atoms with Crippen molar-refractivity contribution < 1.29 is 0 Å². The molecule has 21 heavy (non-hydrogen) atoms. The molecule has 3 heterocycles. The normalized spacial score (nSPS) is 23.1. The van der Waals surface area contributed by atoms with Gasteiger partial charge in [-0.1, -0.05) is 0 Å². The summed E-state index contributed by atoms with van der Waals surface area (Å²) in [7, 11) is 2.22. The molecule has 1 saturated heterocycles. The van der Waals surface area contributed by atoms with Crippen molar-refractivity contribution in [3.63, 3.8) is 0 Å². The lowest BCUT2D eigenvalue weighted by molar-refractivity contribution is 0.199. The van der Waals surface area contributed by atoms with E-state index in [1.54, 1.807) is 12.7 Å². The first-order valence-electron chi connectivity index (χ1n) is 7.36. The van der Waals surface area contributed by atoms with Gasteiger partial charge < -0.3 is 4.98 Å². The van der Waals surface area contributed by atoms with Gasteiger partial charge in [0.25, 0.3) is 0 Å². The van der Waals surface area contributed by atoms with Crippen LogP contribution in [0, 0.1) is 0 Å². The van der Waals surface area contributed by atoms with Gasteiger partial charge in [-0.15, -0.1) is 10.2 Å². The van der Waals surface area contributed by atoms with Crippen molar-refractivity contribution in [1.82, 2.24) is 24.6 Å². The third-order valence-electron chi connectivity index (χ3n) is 4.96. The number of nitrogens with one attached hydrogen (secondary N) is 1. The van der Waals surface area contributed by atoms with E-state index in [-0.39, 0.29) is 5.54 Å². The molecule has 5 nitrogen and oxygen atoms in total. The summed E-state index contributed by atoms with van der Waals surface area (Å²) in [6.07, 6.45) is 8.09. The minimum atomic E-state index is 0.115. The number of likely N-dealkylation sites (tertiary alicyclic amines) is 1. The Labute approximate surface area is 123 Å². The van der Waals surface area contributed by atoms with E-state index < -0.39 is 0 Å². The first-order valence-corrected chi connectivity index (χ1v) is 7.36. The van der Waals surface area contributed by atoms with Crippen LogP contribution in [-0.4, -0.2) is 38.2 Å². The predicted molar refractivity (Wildman–Crippen MR) is 82.4 cm³/mol. The average molecular weight is 281 g/mol.